The fraction of sp³-hybridized carbons (Fsp3) is 0.533. The van der Waals surface area contributed by atoms with E-state index in [1.807, 2.05) is 6.92 Å². The highest BCUT2D eigenvalue weighted by atomic mass is 32.2. The third-order valence-electron chi connectivity index (χ3n) is 3.87. The van der Waals surface area contributed by atoms with Gasteiger partial charge in [0.25, 0.3) is 10.1 Å². The predicted octanol–water partition coefficient (Wildman–Crippen LogP) is 1.93. The Morgan fingerprint density at radius 3 is 2.05 bits per heavy atom. The van der Waals surface area contributed by atoms with Gasteiger partial charge < -0.3 is 10.4 Å². The highest BCUT2D eigenvalue weighted by molar-refractivity contribution is 7.86. The second kappa shape index (κ2) is 7.71. The molecule has 0 unspecified atom stereocenters. The quantitative estimate of drug-likeness (QED) is 0.820. The zero-order valence-corrected chi connectivity index (χ0v) is 13.9. The van der Waals surface area contributed by atoms with Gasteiger partial charge in [0.1, 0.15) is 5.54 Å². The summed E-state index contributed by atoms with van der Waals surface area (Å²) in [6.45, 7) is 1.89. The van der Waals surface area contributed by atoms with Crippen LogP contribution >= 0.6 is 0 Å². The lowest BCUT2D eigenvalue weighted by Gasteiger charge is -2.22. The van der Waals surface area contributed by atoms with Crippen molar-refractivity contribution in [3.63, 3.8) is 0 Å². The Morgan fingerprint density at radius 1 is 1.23 bits per heavy atom. The van der Waals surface area contributed by atoms with Crippen LogP contribution in [0.4, 0.5) is 0 Å². The molecule has 6 nitrogen and oxygen atoms in total. The minimum atomic E-state index is -3.51. The molecule has 0 amide bonds. The van der Waals surface area contributed by atoms with Crippen molar-refractivity contribution in [1.29, 1.82) is 0 Å². The molecule has 7 heteroatoms. The molecule has 0 atom stereocenters. The van der Waals surface area contributed by atoms with Gasteiger partial charge in [0.05, 0.1) is 12.0 Å². The molecule has 0 radical (unpaired) electrons. The first-order chi connectivity index (χ1) is 10.3. The van der Waals surface area contributed by atoms with Gasteiger partial charge in [-0.05, 0) is 38.9 Å². The van der Waals surface area contributed by atoms with Crippen molar-refractivity contribution in [3.05, 3.63) is 29.8 Å². The topological polar surface area (TPSA) is 92.7 Å². The Labute approximate surface area is 131 Å². The zero-order chi connectivity index (χ0) is 16.8. The lowest BCUT2D eigenvalue weighted by atomic mass is 9.99. The number of carbonyl (C=O) groups is 1. The van der Waals surface area contributed by atoms with Crippen LogP contribution in [0, 0.1) is 6.92 Å². The van der Waals surface area contributed by atoms with Gasteiger partial charge in [0.2, 0.25) is 0 Å². The summed E-state index contributed by atoms with van der Waals surface area (Å²) in [6, 6.07) is 6.50. The largest absolute Gasteiger partial charge is 0.480 e. The molecule has 1 fully saturated rings. The average molecular weight is 329 g/mol. The van der Waals surface area contributed by atoms with E-state index in [1.165, 1.54) is 12.1 Å². The van der Waals surface area contributed by atoms with Crippen LogP contribution in [-0.2, 0) is 19.1 Å². The van der Waals surface area contributed by atoms with Crippen LogP contribution in [0.1, 0.15) is 31.2 Å². The van der Waals surface area contributed by atoms with E-state index in [0.717, 1.165) is 38.4 Å². The second-order valence-electron chi connectivity index (χ2n) is 5.28. The van der Waals surface area contributed by atoms with Crippen LogP contribution in [0.5, 0.6) is 0 Å². The monoisotopic (exact) mass is 329 g/mol. The Bertz CT molecular complexity index is 589. The van der Waals surface area contributed by atoms with Crippen molar-refractivity contribution in [2.24, 2.45) is 0 Å². The Balaban J connectivity index is 0.000000224. The van der Waals surface area contributed by atoms with Crippen LogP contribution in [0.3, 0.4) is 0 Å². The first-order valence-corrected chi connectivity index (χ1v) is 8.48. The standard InChI is InChI=1S/C8H10O3S.C7H13NO2/c1-7-3-5-8(6-4-7)12(9,10)11-2;1-8-7(6(9)10)4-2-3-5-7/h3-6H,1-2H3;8H,2-5H2,1H3,(H,9,10). The van der Waals surface area contributed by atoms with Gasteiger partial charge in [-0.3, -0.25) is 8.98 Å². The predicted molar refractivity (Wildman–Crippen MR) is 83.3 cm³/mol. The van der Waals surface area contributed by atoms with Gasteiger partial charge in [-0.15, -0.1) is 0 Å². The summed E-state index contributed by atoms with van der Waals surface area (Å²) in [6.07, 6.45) is 3.62. The van der Waals surface area contributed by atoms with E-state index in [1.54, 1.807) is 19.2 Å². The van der Waals surface area contributed by atoms with Crippen molar-refractivity contribution in [3.8, 4) is 0 Å². The summed E-state index contributed by atoms with van der Waals surface area (Å²) in [5.41, 5.74) is 0.421. The molecule has 0 spiro atoms. The zero-order valence-electron chi connectivity index (χ0n) is 13.1. The Kier molecular flexibility index (Phi) is 6.52. The van der Waals surface area contributed by atoms with E-state index in [-0.39, 0.29) is 4.90 Å². The van der Waals surface area contributed by atoms with Crippen molar-refractivity contribution in [2.75, 3.05) is 14.2 Å². The van der Waals surface area contributed by atoms with Crippen LogP contribution in [0.15, 0.2) is 29.2 Å². The van der Waals surface area contributed by atoms with E-state index in [2.05, 4.69) is 9.50 Å². The molecule has 0 bridgehead atoms. The van der Waals surface area contributed by atoms with Crippen molar-refractivity contribution in [1.82, 2.24) is 5.32 Å². The fourth-order valence-electron chi connectivity index (χ4n) is 2.35. The summed E-state index contributed by atoms with van der Waals surface area (Å²) < 4.78 is 26.5. The summed E-state index contributed by atoms with van der Waals surface area (Å²) in [5, 5.41) is 11.7. The Morgan fingerprint density at radius 2 is 1.73 bits per heavy atom. The molecule has 22 heavy (non-hydrogen) atoms. The number of aryl methyl sites for hydroxylation is 1. The van der Waals surface area contributed by atoms with E-state index in [9.17, 15) is 13.2 Å². The number of hydrogen-bond donors (Lipinski definition) is 2. The molecule has 0 aromatic heterocycles. The summed E-state index contributed by atoms with van der Waals surface area (Å²) >= 11 is 0. The molecule has 1 aromatic rings. The van der Waals surface area contributed by atoms with Gasteiger partial charge in [0, 0.05) is 0 Å². The number of hydrogen-bond acceptors (Lipinski definition) is 5. The molecular formula is C15H23NO5S. The number of benzene rings is 1. The number of nitrogens with one attached hydrogen (secondary N) is 1. The van der Waals surface area contributed by atoms with Crippen molar-refractivity contribution in [2.45, 2.75) is 43.0 Å². The first-order valence-electron chi connectivity index (χ1n) is 7.07. The van der Waals surface area contributed by atoms with Gasteiger partial charge in [-0.1, -0.05) is 30.5 Å². The number of carboxylic acid groups (broad SMARTS) is 1. The van der Waals surface area contributed by atoms with Crippen LogP contribution in [0.25, 0.3) is 0 Å². The summed E-state index contributed by atoms with van der Waals surface area (Å²) in [7, 11) is -0.645. The van der Waals surface area contributed by atoms with Crippen LogP contribution < -0.4 is 5.32 Å². The number of likely N-dealkylation sites (N-methyl/N-ethyl adjacent to an activating group) is 1. The van der Waals surface area contributed by atoms with Gasteiger partial charge in [-0.25, -0.2) is 0 Å². The summed E-state index contributed by atoms with van der Waals surface area (Å²) in [5.74, 6) is -0.701. The normalized spacial score (nSPS) is 16.7. The third-order valence-corrected chi connectivity index (χ3v) is 5.16. The van der Waals surface area contributed by atoms with Crippen molar-refractivity contribution >= 4 is 16.1 Å². The maximum atomic E-state index is 11.1. The highest BCUT2D eigenvalue weighted by Crippen LogP contribution is 2.29. The van der Waals surface area contributed by atoms with E-state index in [0.29, 0.717) is 0 Å². The smallest absolute Gasteiger partial charge is 0.323 e. The van der Waals surface area contributed by atoms with Crippen LogP contribution in [0.2, 0.25) is 0 Å². The molecular weight excluding hydrogens is 306 g/mol. The minimum Gasteiger partial charge on any atom is -0.480 e. The molecule has 2 N–H and O–H groups in total. The SMILES string of the molecule is CNC1(C(=O)O)CCCC1.COS(=O)(=O)c1ccc(C)cc1. The molecule has 1 aliphatic rings. The van der Waals surface area contributed by atoms with E-state index < -0.39 is 21.6 Å². The molecule has 1 aliphatic carbocycles. The number of aliphatic carboxylic acids is 1. The van der Waals surface area contributed by atoms with Crippen LogP contribution in [-0.4, -0.2) is 39.2 Å². The van der Waals surface area contributed by atoms with Crippen molar-refractivity contribution < 1.29 is 22.5 Å². The number of carboxylic acids is 1. The fourth-order valence-corrected chi connectivity index (χ4v) is 3.01. The van der Waals surface area contributed by atoms with E-state index >= 15 is 0 Å². The molecule has 0 saturated heterocycles. The number of rotatable bonds is 4. The highest BCUT2D eigenvalue weighted by Gasteiger charge is 2.39. The molecule has 124 valence electrons. The lowest BCUT2D eigenvalue weighted by molar-refractivity contribution is -0.144. The third kappa shape index (κ3) is 4.53. The molecule has 1 saturated carbocycles. The lowest BCUT2D eigenvalue weighted by Crippen LogP contribution is -2.47. The average Bonchev–Trinajstić information content (AvgIpc) is 2.98. The Hall–Kier alpha value is -1.44. The maximum Gasteiger partial charge on any atom is 0.323 e. The second-order valence-corrected chi connectivity index (χ2v) is 6.99. The van der Waals surface area contributed by atoms with Gasteiger partial charge in [-0.2, -0.15) is 8.42 Å². The van der Waals surface area contributed by atoms with Gasteiger partial charge >= 0.3 is 5.97 Å². The molecule has 0 heterocycles. The minimum absolute atomic E-state index is 0.190. The summed E-state index contributed by atoms with van der Waals surface area (Å²) in [4.78, 5) is 10.9. The van der Waals surface area contributed by atoms with E-state index in [4.69, 9.17) is 5.11 Å². The molecule has 2 rings (SSSR count). The van der Waals surface area contributed by atoms with Gasteiger partial charge in [0.15, 0.2) is 0 Å². The first kappa shape index (κ1) is 18.6. The molecule has 1 aromatic carbocycles. The molecule has 0 aliphatic heterocycles. The maximum absolute atomic E-state index is 11.1.